The molecule has 3 atom stereocenters. The predicted octanol–water partition coefficient (Wildman–Crippen LogP) is 6.55. The largest absolute Gasteiger partial charge is 0.508 e. The van der Waals surface area contributed by atoms with E-state index in [-0.39, 0.29) is 65.7 Å². The quantitative estimate of drug-likeness (QED) is 0.138. The molecule has 0 aromatic heterocycles. The summed E-state index contributed by atoms with van der Waals surface area (Å²) in [6.07, 6.45) is 3.12. The SMILES string of the molecule is COc1cc(N(Cc2cc([N+](=O)[O-])ccc2O)Cc2cc([N+](=O)[O-])ccc2O)ccc1NC(=O)COC1CCCC(C)C1C(C)C. The first-order valence-electron chi connectivity index (χ1n) is 15.1. The Labute approximate surface area is 267 Å². The summed E-state index contributed by atoms with van der Waals surface area (Å²) in [4.78, 5) is 36.3. The Morgan fingerprint density at radius 3 is 2.07 bits per heavy atom. The van der Waals surface area contributed by atoms with Crippen molar-refractivity contribution in [3.05, 3.63) is 86.0 Å². The van der Waals surface area contributed by atoms with E-state index in [1.165, 1.54) is 43.5 Å². The first-order chi connectivity index (χ1) is 21.9. The standard InChI is InChI=1S/C33H40N4O9/c1-20(2)33-21(3)6-5-7-30(33)46-19-32(40)34-27-11-8-24(16-31(27)45-4)35(17-22-14-25(36(41)42)9-12-28(22)38)18-23-15-26(37(43)44)10-13-29(23)39/h8-16,20-21,30,33,38-39H,5-7,17-19H2,1-4H3,(H,34,40). The van der Waals surface area contributed by atoms with Crippen LogP contribution in [-0.2, 0) is 22.6 Å². The minimum absolute atomic E-state index is 0.00258. The third kappa shape index (κ3) is 8.21. The van der Waals surface area contributed by atoms with Crippen LogP contribution in [0.2, 0.25) is 0 Å². The van der Waals surface area contributed by atoms with Crippen molar-refractivity contribution in [2.45, 2.75) is 59.2 Å². The van der Waals surface area contributed by atoms with E-state index in [0.717, 1.165) is 19.3 Å². The van der Waals surface area contributed by atoms with Crippen molar-refractivity contribution in [1.82, 2.24) is 0 Å². The van der Waals surface area contributed by atoms with Crippen molar-refractivity contribution >= 4 is 28.7 Å². The molecule has 3 N–H and O–H groups in total. The van der Waals surface area contributed by atoms with Gasteiger partial charge in [-0.2, -0.15) is 0 Å². The zero-order valence-electron chi connectivity index (χ0n) is 26.3. The number of nitrogens with zero attached hydrogens (tertiary/aromatic N) is 3. The molecule has 13 nitrogen and oxygen atoms in total. The number of phenols is 2. The number of methoxy groups -OCH3 is 1. The average molecular weight is 637 g/mol. The molecular formula is C33H40N4O9. The molecule has 3 aromatic rings. The van der Waals surface area contributed by atoms with E-state index in [9.17, 15) is 35.2 Å². The van der Waals surface area contributed by atoms with Crippen molar-refractivity contribution < 1.29 is 34.3 Å². The van der Waals surface area contributed by atoms with E-state index < -0.39 is 9.85 Å². The van der Waals surface area contributed by atoms with Crippen LogP contribution in [0.4, 0.5) is 22.7 Å². The van der Waals surface area contributed by atoms with Crippen molar-refractivity contribution in [3.63, 3.8) is 0 Å². The van der Waals surface area contributed by atoms with Crippen LogP contribution in [0.3, 0.4) is 0 Å². The molecule has 1 aliphatic carbocycles. The summed E-state index contributed by atoms with van der Waals surface area (Å²) in [5, 5.41) is 46.7. The number of hydrogen-bond donors (Lipinski definition) is 3. The van der Waals surface area contributed by atoms with Gasteiger partial charge in [-0.1, -0.05) is 33.6 Å². The fourth-order valence-electron chi connectivity index (χ4n) is 6.30. The van der Waals surface area contributed by atoms with Gasteiger partial charge >= 0.3 is 0 Å². The summed E-state index contributed by atoms with van der Waals surface area (Å²) < 4.78 is 11.7. The lowest BCUT2D eigenvalue weighted by atomic mass is 9.72. The van der Waals surface area contributed by atoms with Gasteiger partial charge in [-0.05, 0) is 48.4 Å². The van der Waals surface area contributed by atoms with E-state index >= 15 is 0 Å². The minimum atomic E-state index is -0.582. The molecule has 0 spiro atoms. The van der Waals surface area contributed by atoms with Crippen molar-refractivity contribution in [3.8, 4) is 17.2 Å². The number of carbonyl (C=O) groups is 1. The van der Waals surface area contributed by atoms with Gasteiger partial charge in [0.05, 0.1) is 28.7 Å². The number of nitro benzene ring substituents is 2. The summed E-state index contributed by atoms with van der Waals surface area (Å²) in [7, 11) is 1.44. The lowest BCUT2D eigenvalue weighted by molar-refractivity contribution is -0.385. The van der Waals surface area contributed by atoms with Crippen LogP contribution in [0.25, 0.3) is 0 Å². The Hall–Kier alpha value is -4.91. The lowest BCUT2D eigenvalue weighted by Crippen LogP contribution is -2.38. The molecule has 0 saturated heterocycles. The summed E-state index contributed by atoms with van der Waals surface area (Å²) in [5.41, 5.74) is 0.832. The minimum Gasteiger partial charge on any atom is -0.508 e. The molecule has 0 radical (unpaired) electrons. The van der Waals surface area contributed by atoms with E-state index in [0.29, 0.717) is 34.9 Å². The molecule has 46 heavy (non-hydrogen) atoms. The van der Waals surface area contributed by atoms with Crippen LogP contribution in [0.15, 0.2) is 54.6 Å². The topological polar surface area (TPSA) is 178 Å². The van der Waals surface area contributed by atoms with Crippen LogP contribution in [0, 0.1) is 38.0 Å². The molecule has 0 aliphatic heterocycles. The Kier molecular flexibility index (Phi) is 11.0. The van der Waals surface area contributed by atoms with Crippen LogP contribution in [-0.4, -0.2) is 45.8 Å². The second-order valence-corrected chi connectivity index (χ2v) is 12.0. The summed E-state index contributed by atoms with van der Waals surface area (Å²) in [5.74, 6) is 0.901. The number of anilines is 2. The lowest BCUT2D eigenvalue weighted by Gasteiger charge is -2.38. The number of nitrogens with one attached hydrogen (secondary N) is 1. The molecule has 1 amide bonds. The van der Waals surface area contributed by atoms with Crippen LogP contribution in [0.5, 0.6) is 17.2 Å². The number of non-ortho nitro benzene ring substituents is 2. The van der Waals surface area contributed by atoms with Crippen molar-refractivity contribution in [1.29, 1.82) is 0 Å². The predicted molar refractivity (Wildman–Crippen MR) is 172 cm³/mol. The van der Waals surface area contributed by atoms with Gasteiger partial charge < -0.3 is 29.9 Å². The Balaban J connectivity index is 1.60. The second-order valence-electron chi connectivity index (χ2n) is 12.0. The van der Waals surface area contributed by atoms with Gasteiger partial charge in [0.15, 0.2) is 0 Å². The number of nitro groups is 2. The Morgan fingerprint density at radius 2 is 1.54 bits per heavy atom. The van der Waals surface area contributed by atoms with Gasteiger partial charge in [-0.3, -0.25) is 25.0 Å². The van der Waals surface area contributed by atoms with Gasteiger partial charge in [0.1, 0.15) is 23.9 Å². The first kappa shape index (κ1) is 34.0. The van der Waals surface area contributed by atoms with Crippen molar-refractivity contribution in [2.75, 3.05) is 23.9 Å². The van der Waals surface area contributed by atoms with Gasteiger partial charge in [-0.15, -0.1) is 0 Å². The van der Waals surface area contributed by atoms with Crippen molar-refractivity contribution in [2.24, 2.45) is 17.8 Å². The van der Waals surface area contributed by atoms with E-state index in [1.807, 2.05) is 0 Å². The second kappa shape index (κ2) is 14.9. The molecule has 1 saturated carbocycles. The highest BCUT2D eigenvalue weighted by molar-refractivity contribution is 5.93. The Morgan fingerprint density at radius 1 is 0.957 bits per heavy atom. The highest BCUT2D eigenvalue weighted by atomic mass is 16.6. The molecule has 13 heteroatoms. The summed E-state index contributed by atoms with van der Waals surface area (Å²) in [6, 6.07) is 12.2. The number of benzene rings is 3. The van der Waals surface area contributed by atoms with E-state index in [4.69, 9.17) is 9.47 Å². The maximum atomic E-state index is 13.0. The number of rotatable bonds is 13. The number of amides is 1. The number of carbonyl (C=O) groups excluding carboxylic acids is 1. The molecule has 3 unspecified atom stereocenters. The normalized spacial score (nSPS) is 17.8. The third-order valence-electron chi connectivity index (χ3n) is 8.53. The van der Waals surface area contributed by atoms with E-state index in [2.05, 4.69) is 26.1 Å². The smallest absolute Gasteiger partial charge is 0.270 e. The van der Waals surface area contributed by atoms with Crippen LogP contribution < -0.4 is 15.0 Å². The molecule has 4 rings (SSSR count). The molecule has 1 aliphatic rings. The fraction of sp³-hybridized carbons (Fsp3) is 0.424. The maximum absolute atomic E-state index is 13.0. The first-order valence-corrected chi connectivity index (χ1v) is 15.1. The monoisotopic (exact) mass is 636 g/mol. The molecular weight excluding hydrogens is 596 g/mol. The van der Waals surface area contributed by atoms with Crippen LogP contribution >= 0.6 is 0 Å². The Bertz CT molecular complexity index is 1510. The molecule has 1 fully saturated rings. The maximum Gasteiger partial charge on any atom is 0.270 e. The third-order valence-corrected chi connectivity index (χ3v) is 8.53. The zero-order valence-corrected chi connectivity index (χ0v) is 26.3. The molecule has 0 bridgehead atoms. The summed E-state index contributed by atoms with van der Waals surface area (Å²) >= 11 is 0. The number of aromatic hydroxyl groups is 2. The van der Waals surface area contributed by atoms with E-state index in [1.54, 1.807) is 23.1 Å². The number of phenolic OH excluding ortho intramolecular Hbond substituents is 2. The van der Waals surface area contributed by atoms with Gasteiger partial charge in [-0.25, -0.2) is 0 Å². The molecule has 3 aromatic carbocycles. The van der Waals surface area contributed by atoms with Gasteiger partial charge in [0.2, 0.25) is 5.91 Å². The highest BCUT2D eigenvalue weighted by Gasteiger charge is 2.34. The fourth-order valence-corrected chi connectivity index (χ4v) is 6.30. The van der Waals surface area contributed by atoms with Gasteiger partial charge in [0, 0.05) is 60.2 Å². The van der Waals surface area contributed by atoms with Crippen LogP contribution in [0.1, 0.15) is 51.2 Å². The highest BCUT2D eigenvalue weighted by Crippen LogP contribution is 2.38. The average Bonchev–Trinajstić information content (AvgIpc) is 3.01. The number of hydrogen-bond acceptors (Lipinski definition) is 10. The molecule has 246 valence electrons. The number of ether oxygens (including phenoxy) is 2. The zero-order chi connectivity index (χ0) is 33.5. The summed E-state index contributed by atoms with van der Waals surface area (Å²) in [6.45, 7) is 6.33. The van der Waals surface area contributed by atoms with Gasteiger partial charge in [0.25, 0.3) is 11.4 Å². The molecule has 0 heterocycles.